The summed E-state index contributed by atoms with van der Waals surface area (Å²) in [5.74, 6) is 0. The molecule has 0 aliphatic heterocycles. The molecule has 55 heavy (non-hydrogen) atoms. The molecule has 10 aromatic rings. The largest absolute Gasteiger partial charge is 0.309 e. The molecule has 0 bridgehead atoms. The molecule has 0 saturated heterocycles. The molecule has 0 radical (unpaired) electrons. The fourth-order valence-electron chi connectivity index (χ4n) is 11.4. The molecule has 1 nitrogen and oxygen atoms in total. The van der Waals surface area contributed by atoms with E-state index in [4.69, 9.17) is 0 Å². The van der Waals surface area contributed by atoms with Crippen LogP contribution in [0.15, 0.2) is 200 Å². The van der Waals surface area contributed by atoms with Gasteiger partial charge in [-0.15, -0.1) is 0 Å². The van der Waals surface area contributed by atoms with Gasteiger partial charge in [0.05, 0.1) is 27.6 Å². The summed E-state index contributed by atoms with van der Waals surface area (Å²) in [5.41, 5.74) is 18.8. The summed E-state index contributed by atoms with van der Waals surface area (Å²) in [5, 5.41) is 5.05. The van der Waals surface area contributed by atoms with Crippen LogP contribution in [0.25, 0.3) is 60.5 Å². The minimum absolute atomic E-state index is 0.453. The Hall–Kier alpha value is -6.96. The SMILES string of the molecule is c1ccc2c(c1)-c1ccccc1C21c2ccccc2C2(c3ccccc3-c3cc4c5ccccc5n(-c5cccc6ccccc56)c4cc32)c2ccccc21. The lowest BCUT2D eigenvalue weighted by Gasteiger charge is -2.48. The summed E-state index contributed by atoms with van der Waals surface area (Å²) < 4.78 is 2.52. The Kier molecular flexibility index (Phi) is 5.56. The monoisotopic (exact) mass is 695 g/mol. The third kappa shape index (κ3) is 3.38. The van der Waals surface area contributed by atoms with Crippen LogP contribution in [0.1, 0.15) is 44.5 Å². The number of aromatic nitrogens is 1. The van der Waals surface area contributed by atoms with Crippen LogP contribution in [0.4, 0.5) is 0 Å². The number of hydrogen-bond acceptors (Lipinski definition) is 0. The molecule has 0 unspecified atom stereocenters. The predicted octanol–water partition coefficient (Wildman–Crippen LogP) is 13.0. The lowest BCUT2D eigenvalue weighted by atomic mass is 9.52. The molecule has 0 amide bonds. The van der Waals surface area contributed by atoms with Crippen LogP contribution in [0, 0.1) is 0 Å². The van der Waals surface area contributed by atoms with Crippen molar-refractivity contribution in [1.82, 2.24) is 4.57 Å². The fourth-order valence-corrected chi connectivity index (χ4v) is 11.4. The minimum atomic E-state index is -0.537. The molecule has 1 heteroatoms. The zero-order chi connectivity index (χ0) is 35.9. The van der Waals surface area contributed by atoms with Crippen molar-refractivity contribution in [3.63, 3.8) is 0 Å². The van der Waals surface area contributed by atoms with E-state index in [1.165, 1.54) is 105 Å². The van der Waals surface area contributed by atoms with E-state index in [2.05, 4.69) is 205 Å². The van der Waals surface area contributed by atoms with Crippen LogP contribution >= 0.6 is 0 Å². The topological polar surface area (TPSA) is 4.93 Å². The van der Waals surface area contributed by atoms with E-state index in [0.29, 0.717) is 0 Å². The van der Waals surface area contributed by atoms with Crippen LogP contribution in [0.3, 0.4) is 0 Å². The van der Waals surface area contributed by atoms with Crippen molar-refractivity contribution in [1.29, 1.82) is 0 Å². The van der Waals surface area contributed by atoms with E-state index in [1.807, 2.05) is 0 Å². The van der Waals surface area contributed by atoms with Crippen LogP contribution < -0.4 is 0 Å². The van der Waals surface area contributed by atoms with Crippen LogP contribution in [0.5, 0.6) is 0 Å². The number of nitrogens with zero attached hydrogens (tertiary/aromatic N) is 1. The molecular formula is C54H33N. The standard InChI is InChI=1S/C54H33N/c1-2-18-35-34(16-1)17-15-31-50(35)55-51-30-14-6-22-39(51)41-32-40-38-21-5-9-25-44(38)54(49(40)33-52(41)55)47-28-12-10-26-45(47)53(46-27-11-13-29-48(46)54)42-23-7-3-19-36(42)37-20-4-8-24-43(37)53/h1-33H. The van der Waals surface area contributed by atoms with Crippen molar-refractivity contribution in [3.8, 4) is 27.9 Å². The molecule has 3 aliphatic rings. The van der Waals surface area contributed by atoms with Gasteiger partial charge in [0.25, 0.3) is 0 Å². The number of hydrogen-bond donors (Lipinski definition) is 0. The van der Waals surface area contributed by atoms with Gasteiger partial charge < -0.3 is 4.57 Å². The minimum Gasteiger partial charge on any atom is -0.309 e. The van der Waals surface area contributed by atoms with Gasteiger partial charge in [-0.3, -0.25) is 0 Å². The maximum atomic E-state index is 2.56. The first-order valence-corrected chi connectivity index (χ1v) is 19.4. The van der Waals surface area contributed by atoms with Crippen molar-refractivity contribution >= 4 is 32.6 Å². The second-order valence-electron chi connectivity index (χ2n) is 15.5. The zero-order valence-electron chi connectivity index (χ0n) is 30.0. The highest BCUT2D eigenvalue weighted by Crippen LogP contribution is 2.67. The van der Waals surface area contributed by atoms with E-state index in [1.54, 1.807) is 0 Å². The summed E-state index contributed by atoms with van der Waals surface area (Å²) in [6.45, 7) is 0. The Morgan fingerprint density at radius 1 is 0.273 bits per heavy atom. The maximum absolute atomic E-state index is 2.56. The Labute approximate surface area is 319 Å². The van der Waals surface area contributed by atoms with Gasteiger partial charge in [-0.2, -0.15) is 0 Å². The summed E-state index contributed by atoms with van der Waals surface area (Å²) in [4.78, 5) is 0. The van der Waals surface area contributed by atoms with Gasteiger partial charge in [0.1, 0.15) is 0 Å². The first-order valence-electron chi connectivity index (χ1n) is 19.4. The second kappa shape index (κ2) is 10.4. The molecule has 3 aliphatic carbocycles. The molecule has 1 heterocycles. The average molecular weight is 696 g/mol. The van der Waals surface area contributed by atoms with E-state index >= 15 is 0 Å². The van der Waals surface area contributed by atoms with Crippen LogP contribution in [-0.4, -0.2) is 4.57 Å². The lowest BCUT2D eigenvalue weighted by Crippen LogP contribution is -2.43. The molecule has 0 atom stereocenters. The van der Waals surface area contributed by atoms with Gasteiger partial charge in [0.2, 0.25) is 0 Å². The maximum Gasteiger partial charge on any atom is 0.0720 e. The van der Waals surface area contributed by atoms with E-state index < -0.39 is 10.8 Å². The molecule has 0 N–H and O–H groups in total. The van der Waals surface area contributed by atoms with Gasteiger partial charge in [-0.05, 0) is 96.4 Å². The van der Waals surface area contributed by atoms with Crippen molar-refractivity contribution in [3.05, 3.63) is 245 Å². The van der Waals surface area contributed by atoms with Crippen LogP contribution in [0.2, 0.25) is 0 Å². The summed E-state index contributed by atoms with van der Waals surface area (Å²) in [6.07, 6.45) is 0. The summed E-state index contributed by atoms with van der Waals surface area (Å²) in [7, 11) is 0. The highest BCUT2D eigenvalue weighted by molar-refractivity contribution is 6.13. The molecule has 13 rings (SSSR count). The van der Waals surface area contributed by atoms with Gasteiger partial charge in [0, 0.05) is 16.2 Å². The molecule has 9 aromatic carbocycles. The smallest absolute Gasteiger partial charge is 0.0720 e. The Balaban J connectivity index is 1.22. The third-order valence-corrected chi connectivity index (χ3v) is 13.3. The number of fused-ring (bicyclic) bond motifs is 20. The summed E-state index contributed by atoms with van der Waals surface area (Å²) in [6, 6.07) is 75.8. The quantitative estimate of drug-likeness (QED) is 0.161. The van der Waals surface area contributed by atoms with Gasteiger partial charge >= 0.3 is 0 Å². The molecule has 1 aromatic heterocycles. The fraction of sp³-hybridized carbons (Fsp3) is 0.0370. The van der Waals surface area contributed by atoms with E-state index in [-0.39, 0.29) is 0 Å². The molecular weight excluding hydrogens is 663 g/mol. The average Bonchev–Trinajstić information content (AvgIpc) is 3.85. The summed E-state index contributed by atoms with van der Waals surface area (Å²) >= 11 is 0. The molecule has 0 saturated carbocycles. The molecule has 2 spiro atoms. The van der Waals surface area contributed by atoms with Gasteiger partial charge in [-0.25, -0.2) is 0 Å². The van der Waals surface area contributed by atoms with Crippen molar-refractivity contribution < 1.29 is 0 Å². The highest BCUT2D eigenvalue weighted by Gasteiger charge is 2.58. The second-order valence-corrected chi connectivity index (χ2v) is 15.5. The van der Waals surface area contributed by atoms with E-state index in [9.17, 15) is 0 Å². The zero-order valence-corrected chi connectivity index (χ0v) is 30.0. The first-order chi connectivity index (χ1) is 27.3. The molecule has 0 fully saturated rings. The third-order valence-electron chi connectivity index (χ3n) is 13.3. The van der Waals surface area contributed by atoms with Crippen molar-refractivity contribution in [2.45, 2.75) is 10.8 Å². The lowest BCUT2D eigenvalue weighted by molar-refractivity contribution is 0.633. The van der Waals surface area contributed by atoms with Gasteiger partial charge in [-0.1, -0.05) is 176 Å². The number of rotatable bonds is 1. The number of para-hydroxylation sites is 1. The highest BCUT2D eigenvalue weighted by atomic mass is 15.0. The number of benzene rings is 9. The van der Waals surface area contributed by atoms with Crippen LogP contribution in [-0.2, 0) is 10.8 Å². The normalized spacial score (nSPS) is 14.8. The van der Waals surface area contributed by atoms with Crippen molar-refractivity contribution in [2.75, 3.05) is 0 Å². The Morgan fingerprint density at radius 2 is 0.709 bits per heavy atom. The van der Waals surface area contributed by atoms with Crippen molar-refractivity contribution in [2.24, 2.45) is 0 Å². The van der Waals surface area contributed by atoms with Gasteiger partial charge in [0.15, 0.2) is 0 Å². The van der Waals surface area contributed by atoms with E-state index in [0.717, 1.165) is 0 Å². The Morgan fingerprint density at radius 3 is 1.31 bits per heavy atom. The Bertz CT molecular complexity index is 3180. The first kappa shape index (κ1) is 29.5. The predicted molar refractivity (Wildman–Crippen MR) is 226 cm³/mol. The molecule has 254 valence electrons.